The topological polar surface area (TPSA) is 72.7 Å². The summed E-state index contributed by atoms with van der Waals surface area (Å²) in [6, 6.07) is 1.19. The van der Waals surface area contributed by atoms with Crippen LogP contribution in [0.25, 0.3) is 0 Å². The largest absolute Gasteiger partial charge is 0.323 e. The molecule has 18 heavy (non-hydrogen) atoms. The zero-order valence-electron chi connectivity index (χ0n) is 9.96. The van der Waals surface area contributed by atoms with Gasteiger partial charge in [0.25, 0.3) is 0 Å². The molecule has 2 heterocycles. The molecule has 1 amide bonds. The highest BCUT2D eigenvalue weighted by Crippen LogP contribution is 2.24. The van der Waals surface area contributed by atoms with Crippen LogP contribution in [0, 0.1) is 6.92 Å². The van der Waals surface area contributed by atoms with Gasteiger partial charge in [-0.2, -0.15) is 5.10 Å². The number of carbonyl (C=O) groups is 1. The number of halogens is 1. The summed E-state index contributed by atoms with van der Waals surface area (Å²) in [5.74, 6) is -0.215. The zero-order valence-corrected chi connectivity index (χ0v) is 10.7. The van der Waals surface area contributed by atoms with Gasteiger partial charge in [-0.3, -0.25) is 9.78 Å². The summed E-state index contributed by atoms with van der Waals surface area (Å²) in [5.41, 5.74) is 1.21. The molecule has 0 saturated heterocycles. The Hall–Kier alpha value is -1.95. The van der Waals surface area contributed by atoms with Crippen LogP contribution in [-0.2, 0) is 4.79 Å². The number of anilines is 1. The number of rotatable bonds is 3. The Bertz CT molecular complexity index is 555. The molecular formula is C11H12ClN5O. The molecule has 0 aliphatic carbocycles. The lowest BCUT2D eigenvalue weighted by atomic mass is 10.3. The van der Waals surface area contributed by atoms with Gasteiger partial charge in [-0.05, 0) is 19.9 Å². The molecule has 6 nitrogen and oxygen atoms in total. The first kappa shape index (κ1) is 12.5. The van der Waals surface area contributed by atoms with E-state index in [1.54, 1.807) is 26.1 Å². The number of aromatic nitrogens is 4. The van der Waals surface area contributed by atoms with Gasteiger partial charge in [-0.15, -0.1) is 0 Å². The molecule has 0 aliphatic rings. The number of nitrogens with one attached hydrogen (secondary N) is 1. The van der Waals surface area contributed by atoms with Crippen LogP contribution in [0.2, 0.25) is 5.02 Å². The molecule has 1 N–H and O–H groups in total. The van der Waals surface area contributed by atoms with E-state index in [1.807, 2.05) is 0 Å². The molecule has 0 aliphatic heterocycles. The summed E-state index contributed by atoms with van der Waals surface area (Å²) in [6.45, 7) is 3.50. The second kappa shape index (κ2) is 5.14. The molecule has 2 aromatic rings. The van der Waals surface area contributed by atoms with Crippen molar-refractivity contribution in [2.45, 2.75) is 19.9 Å². The average Bonchev–Trinajstić information content (AvgIpc) is 2.87. The minimum atomic E-state index is -0.461. The number of aryl methyl sites for hydroxylation is 1. The van der Waals surface area contributed by atoms with Crippen molar-refractivity contribution >= 4 is 23.2 Å². The van der Waals surface area contributed by atoms with Gasteiger partial charge in [-0.25, -0.2) is 9.67 Å². The predicted molar refractivity (Wildman–Crippen MR) is 67.3 cm³/mol. The third-order valence-electron chi connectivity index (χ3n) is 2.53. The summed E-state index contributed by atoms with van der Waals surface area (Å²) in [4.78, 5) is 19.8. The van der Waals surface area contributed by atoms with Gasteiger partial charge in [0, 0.05) is 6.20 Å². The number of hydrogen-bond acceptors (Lipinski definition) is 4. The highest BCUT2D eigenvalue weighted by Gasteiger charge is 2.17. The van der Waals surface area contributed by atoms with Crippen LogP contribution >= 0.6 is 11.6 Å². The number of hydrogen-bond donors (Lipinski definition) is 1. The monoisotopic (exact) mass is 265 g/mol. The molecule has 2 rings (SSSR count). The third-order valence-corrected chi connectivity index (χ3v) is 3.01. The number of amides is 1. The summed E-state index contributed by atoms with van der Waals surface area (Å²) < 4.78 is 1.47. The Morgan fingerprint density at radius 3 is 3.00 bits per heavy atom. The quantitative estimate of drug-likeness (QED) is 0.919. The molecule has 2 aromatic heterocycles. The van der Waals surface area contributed by atoms with E-state index < -0.39 is 6.04 Å². The van der Waals surface area contributed by atoms with Crippen molar-refractivity contribution < 1.29 is 4.79 Å². The van der Waals surface area contributed by atoms with Gasteiger partial charge in [0.2, 0.25) is 5.91 Å². The van der Waals surface area contributed by atoms with Gasteiger partial charge >= 0.3 is 0 Å². The van der Waals surface area contributed by atoms with Crippen molar-refractivity contribution in [2.75, 3.05) is 5.32 Å². The molecule has 0 aromatic carbocycles. The number of carbonyl (C=O) groups excluding carboxylic acids is 1. The summed E-state index contributed by atoms with van der Waals surface area (Å²) in [5, 5.41) is 7.10. The van der Waals surface area contributed by atoms with Crippen molar-refractivity contribution in [3.05, 3.63) is 35.6 Å². The van der Waals surface area contributed by atoms with Gasteiger partial charge in [-0.1, -0.05) is 11.6 Å². The maximum atomic E-state index is 12.0. The first-order valence-corrected chi connectivity index (χ1v) is 5.73. The van der Waals surface area contributed by atoms with E-state index in [0.29, 0.717) is 16.4 Å². The van der Waals surface area contributed by atoms with E-state index in [9.17, 15) is 4.79 Å². The Kier molecular flexibility index (Phi) is 3.57. The lowest BCUT2D eigenvalue weighted by Crippen LogP contribution is -2.24. The molecular weight excluding hydrogens is 254 g/mol. The second-order valence-corrected chi connectivity index (χ2v) is 4.18. The molecule has 1 atom stereocenters. The minimum absolute atomic E-state index is 0.215. The zero-order chi connectivity index (χ0) is 13.1. The molecule has 0 saturated carbocycles. The third kappa shape index (κ3) is 2.48. The molecule has 0 fully saturated rings. The molecule has 0 radical (unpaired) electrons. The summed E-state index contributed by atoms with van der Waals surface area (Å²) in [6.07, 6.45) is 4.47. The van der Waals surface area contributed by atoms with Gasteiger partial charge in [0.05, 0.1) is 16.4 Å². The van der Waals surface area contributed by atoms with E-state index in [1.165, 1.54) is 17.3 Å². The van der Waals surface area contributed by atoms with E-state index in [-0.39, 0.29) is 5.91 Å². The minimum Gasteiger partial charge on any atom is -0.323 e. The van der Waals surface area contributed by atoms with Crippen LogP contribution in [0.3, 0.4) is 0 Å². The maximum absolute atomic E-state index is 12.0. The molecule has 0 bridgehead atoms. The van der Waals surface area contributed by atoms with Crippen LogP contribution in [-0.4, -0.2) is 25.7 Å². The Labute approximate surface area is 109 Å². The second-order valence-electron chi connectivity index (χ2n) is 3.80. The van der Waals surface area contributed by atoms with E-state index in [0.717, 1.165) is 0 Å². The van der Waals surface area contributed by atoms with Crippen molar-refractivity contribution in [1.82, 2.24) is 19.7 Å². The van der Waals surface area contributed by atoms with Crippen molar-refractivity contribution in [1.29, 1.82) is 0 Å². The fourth-order valence-electron chi connectivity index (χ4n) is 1.42. The summed E-state index contributed by atoms with van der Waals surface area (Å²) in [7, 11) is 0. The normalized spacial score (nSPS) is 12.2. The van der Waals surface area contributed by atoms with Crippen LogP contribution < -0.4 is 5.32 Å². The molecule has 7 heteroatoms. The SMILES string of the molecule is Cc1nccc(NC(=O)[C@H](C)n2cncn2)c1Cl. The smallest absolute Gasteiger partial charge is 0.249 e. The van der Waals surface area contributed by atoms with Gasteiger partial charge < -0.3 is 5.32 Å². The molecule has 0 spiro atoms. The average molecular weight is 266 g/mol. The lowest BCUT2D eigenvalue weighted by Gasteiger charge is -2.13. The van der Waals surface area contributed by atoms with Crippen LogP contribution in [0.4, 0.5) is 5.69 Å². The molecule has 94 valence electrons. The fraction of sp³-hybridized carbons (Fsp3) is 0.273. The Morgan fingerprint density at radius 2 is 2.33 bits per heavy atom. The van der Waals surface area contributed by atoms with Crippen LogP contribution in [0.1, 0.15) is 18.7 Å². The van der Waals surface area contributed by atoms with E-state index >= 15 is 0 Å². The van der Waals surface area contributed by atoms with Gasteiger partial charge in [0.1, 0.15) is 18.7 Å². The highest BCUT2D eigenvalue weighted by atomic mass is 35.5. The predicted octanol–water partition coefficient (Wildman–Crippen LogP) is 1.83. The highest BCUT2D eigenvalue weighted by molar-refractivity contribution is 6.34. The first-order valence-electron chi connectivity index (χ1n) is 5.35. The van der Waals surface area contributed by atoms with Crippen molar-refractivity contribution in [3.63, 3.8) is 0 Å². The van der Waals surface area contributed by atoms with Crippen LogP contribution in [0.5, 0.6) is 0 Å². The number of nitrogens with zero attached hydrogens (tertiary/aromatic N) is 4. The summed E-state index contributed by atoms with van der Waals surface area (Å²) >= 11 is 6.05. The maximum Gasteiger partial charge on any atom is 0.249 e. The van der Waals surface area contributed by atoms with Crippen LogP contribution in [0.15, 0.2) is 24.9 Å². The fourth-order valence-corrected chi connectivity index (χ4v) is 1.58. The van der Waals surface area contributed by atoms with E-state index in [2.05, 4.69) is 20.4 Å². The Balaban J connectivity index is 2.14. The standard InChI is InChI=1S/C11H12ClN5O/c1-7-10(12)9(3-4-14-7)16-11(18)8(2)17-6-13-5-15-17/h3-6,8H,1-2H3,(H,14,16,18)/t8-/m0/s1. The Morgan fingerprint density at radius 1 is 1.56 bits per heavy atom. The lowest BCUT2D eigenvalue weighted by molar-refractivity contribution is -0.119. The van der Waals surface area contributed by atoms with Gasteiger partial charge in [0.15, 0.2) is 0 Å². The number of pyridine rings is 1. The molecule has 0 unspecified atom stereocenters. The van der Waals surface area contributed by atoms with Crippen molar-refractivity contribution in [3.8, 4) is 0 Å². The van der Waals surface area contributed by atoms with Crippen molar-refractivity contribution in [2.24, 2.45) is 0 Å². The van der Waals surface area contributed by atoms with E-state index in [4.69, 9.17) is 11.6 Å². The first-order chi connectivity index (χ1) is 8.59.